The molecule has 0 saturated carbocycles. The second-order valence-corrected chi connectivity index (χ2v) is 3.51. The van der Waals surface area contributed by atoms with E-state index in [0.29, 0.717) is 11.4 Å². The van der Waals surface area contributed by atoms with E-state index < -0.39 is 11.9 Å². The largest absolute Gasteiger partial charge is 0.495 e. The average Bonchev–Trinajstić information content (AvgIpc) is 2.38. The highest BCUT2D eigenvalue weighted by Gasteiger charge is 2.19. The quantitative estimate of drug-likeness (QED) is 0.884. The molecular formula is C13H12FNO2. The summed E-state index contributed by atoms with van der Waals surface area (Å²) in [6.07, 6.45) is 0.398. The van der Waals surface area contributed by atoms with Crippen molar-refractivity contribution in [3.05, 3.63) is 59.7 Å². The molecule has 0 radical (unpaired) electrons. The highest BCUT2D eigenvalue weighted by atomic mass is 19.1. The summed E-state index contributed by atoms with van der Waals surface area (Å²) < 4.78 is 18.6. The smallest absolute Gasteiger partial charge is 0.143 e. The molecule has 1 N–H and O–H groups in total. The van der Waals surface area contributed by atoms with E-state index in [2.05, 4.69) is 4.98 Å². The van der Waals surface area contributed by atoms with Crippen molar-refractivity contribution >= 4 is 0 Å². The normalized spacial score (nSPS) is 12.2. The summed E-state index contributed by atoms with van der Waals surface area (Å²) >= 11 is 0. The van der Waals surface area contributed by atoms with E-state index in [1.807, 2.05) is 0 Å². The summed E-state index contributed by atoms with van der Waals surface area (Å²) in [5, 5.41) is 10.1. The first-order chi connectivity index (χ1) is 8.24. The molecule has 88 valence electrons. The molecule has 0 bridgehead atoms. The van der Waals surface area contributed by atoms with Crippen LogP contribution < -0.4 is 4.74 Å². The monoisotopic (exact) mass is 233 g/mol. The summed E-state index contributed by atoms with van der Waals surface area (Å²) in [6, 6.07) is 9.42. The molecule has 0 fully saturated rings. The van der Waals surface area contributed by atoms with Gasteiger partial charge in [0.1, 0.15) is 23.4 Å². The topological polar surface area (TPSA) is 42.4 Å². The number of nitrogens with zero attached hydrogens (tertiary/aromatic N) is 1. The molecule has 0 spiro atoms. The van der Waals surface area contributed by atoms with Crippen molar-refractivity contribution in [3.8, 4) is 5.75 Å². The number of hydrogen-bond donors (Lipinski definition) is 1. The molecule has 1 unspecified atom stereocenters. The number of halogens is 1. The van der Waals surface area contributed by atoms with Crippen LogP contribution in [0.15, 0.2) is 42.6 Å². The fourth-order valence-corrected chi connectivity index (χ4v) is 1.62. The van der Waals surface area contributed by atoms with Crippen LogP contribution in [0.1, 0.15) is 17.4 Å². The Balaban J connectivity index is 2.44. The number of aromatic nitrogens is 1. The van der Waals surface area contributed by atoms with Gasteiger partial charge < -0.3 is 9.84 Å². The Kier molecular flexibility index (Phi) is 3.35. The molecule has 3 nitrogen and oxygen atoms in total. The molecule has 4 heteroatoms. The lowest BCUT2D eigenvalue weighted by Gasteiger charge is -2.14. The van der Waals surface area contributed by atoms with E-state index in [4.69, 9.17) is 4.74 Å². The van der Waals surface area contributed by atoms with Crippen molar-refractivity contribution < 1.29 is 14.2 Å². The zero-order valence-electron chi connectivity index (χ0n) is 9.30. The Hall–Kier alpha value is -1.94. The first-order valence-electron chi connectivity index (χ1n) is 5.15. The minimum Gasteiger partial charge on any atom is -0.495 e. The maximum Gasteiger partial charge on any atom is 0.143 e. The number of methoxy groups -OCH3 is 1. The van der Waals surface area contributed by atoms with Crippen LogP contribution >= 0.6 is 0 Å². The Bertz CT molecular complexity index is 516. The Labute approximate surface area is 98.5 Å². The minimum atomic E-state index is -1.13. The third kappa shape index (κ3) is 2.26. The van der Waals surface area contributed by atoms with E-state index in [9.17, 15) is 9.50 Å². The predicted molar refractivity (Wildman–Crippen MR) is 61.3 cm³/mol. The van der Waals surface area contributed by atoms with Crippen LogP contribution in [0.3, 0.4) is 0 Å². The summed E-state index contributed by atoms with van der Waals surface area (Å²) in [4.78, 5) is 4.03. The molecule has 0 saturated heterocycles. The number of hydrogen-bond acceptors (Lipinski definition) is 3. The van der Waals surface area contributed by atoms with Gasteiger partial charge in [0.05, 0.1) is 7.11 Å². The average molecular weight is 233 g/mol. The van der Waals surface area contributed by atoms with E-state index in [1.165, 1.54) is 25.4 Å². The number of rotatable bonds is 3. The first-order valence-corrected chi connectivity index (χ1v) is 5.15. The van der Waals surface area contributed by atoms with Crippen molar-refractivity contribution in [2.45, 2.75) is 6.10 Å². The molecule has 1 atom stereocenters. The molecule has 0 aliphatic rings. The van der Waals surface area contributed by atoms with Crippen LogP contribution in [0.25, 0.3) is 0 Å². The molecule has 0 aliphatic carbocycles. The van der Waals surface area contributed by atoms with Gasteiger partial charge >= 0.3 is 0 Å². The zero-order valence-corrected chi connectivity index (χ0v) is 9.30. The van der Waals surface area contributed by atoms with Crippen molar-refractivity contribution in [2.24, 2.45) is 0 Å². The summed E-state index contributed by atoms with van der Waals surface area (Å²) in [7, 11) is 1.48. The SMILES string of the molecule is COc1cccnc1C(O)c1ccccc1F. The molecule has 1 aromatic carbocycles. The van der Waals surface area contributed by atoms with Crippen LogP contribution in [0.2, 0.25) is 0 Å². The fraction of sp³-hybridized carbons (Fsp3) is 0.154. The number of aliphatic hydroxyl groups is 1. The molecule has 0 aliphatic heterocycles. The van der Waals surface area contributed by atoms with Gasteiger partial charge in [-0.25, -0.2) is 4.39 Å². The molecule has 1 aromatic heterocycles. The number of ether oxygens (including phenoxy) is 1. The van der Waals surface area contributed by atoms with Crippen LogP contribution in [0.5, 0.6) is 5.75 Å². The standard InChI is InChI=1S/C13H12FNO2/c1-17-11-7-4-8-15-12(11)13(16)9-5-2-3-6-10(9)14/h2-8,13,16H,1H3. The van der Waals surface area contributed by atoms with Gasteiger partial charge in [0.2, 0.25) is 0 Å². The van der Waals surface area contributed by atoms with Crippen LogP contribution in [-0.2, 0) is 0 Å². The molecule has 17 heavy (non-hydrogen) atoms. The first kappa shape index (κ1) is 11.5. The van der Waals surface area contributed by atoms with Crippen LogP contribution in [0, 0.1) is 5.82 Å². The third-order valence-electron chi connectivity index (χ3n) is 2.48. The van der Waals surface area contributed by atoms with Gasteiger partial charge in [0.25, 0.3) is 0 Å². The van der Waals surface area contributed by atoms with Crippen molar-refractivity contribution in [3.63, 3.8) is 0 Å². The van der Waals surface area contributed by atoms with E-state index in [0.717, 1.165) is 0 Å². The fourth-order valence-electron chi connectivity index (χ4n) is 1.62. The maximum absolute atomic E-state index is 13.5. The number of aliphatic hydroxyl groups excluding tert-OH is 1. The van der Waals surface area contributed by atoms with E-state index >= 15 is 0 Å². The van der Waals surface area contributed by atoms with Gasteiger partial charge in [0, 0.05) is 11.8 Å². The minimum absolute atomic E-state index is 0.185. The van der Waals surface area contributed by atoms with Gasteiger partial charge in [0.15, 0.2) is 0 Å². The predicted octanol–water partition coefficient (Wildman–Crippen LogP) is 2.31. The molecule has 1 heterocycles. The van der Waals surface area contributed by atoms with Crippen LogP contribution in [-0.4, -0.2) is 17.2 Å². The summed E-state index contributed by atoms with van der Waals surface area (Å²) in [5.74, 6) is -0.0315. The third-order valence-corrected chi connectivity index (χ3v) is 2.48. The summed E-state index contributed by atoms with van der Waals surface area (Å²) in [6.45, 7) is 0. The zero-order chi connectivity index (χ0) is 12.3. The number of benzene rings is 1. The highest BCUT2D eigenvalue weighted by molar-refractivity contribution is 5.35. The van der Waals surface area contributed by atoms with E-state index in [1.54, 1.807) is 24.3 Å². The lowest BCUT2D eigenvalue weighted by Crippen LogP contribution is -2.06. The van der Waals surface area contributed by atoms with Crippen molar-refractivity contribution in [1.82, 2.24) is 4.98 Å². The second kappa shape index (κ2) is 4.93. The van der Waals surface area contributed by atoms with Gasteiger partial charge in [-0.2, -0.15) is 0 Å². The molecular weight excluding hydrogens is 221 g/mol. The maximum atomic E-state index is 13.5. The van der Waals surface area contributed by atoms with Gasteiger partial charge in [-0.05, 0) is 18.2 Å². The Morgan fingerprint density at radius 1 is 1.24 bits per heavy atom. The highest BCUT2D eigenvalue weighted by Crippen LogP contribution is 2.28. The van der Waals surface area contributed by atoms with Gasteiger partial charge in [-0.1, -0.05) is 18.2 Å². The molecule has 2 aromatic rings. The van der Waals surface area contributed by atoms with Crippen molar-refractivity contribution in [2.75, 3.05) is 7.11 Å². The Morgan fingerprint density at radius 2 is 2.00 bits per heavy atom. The molecule has 0 amide bonds. The number of pyridine rings is 1. The van der Waals surface area contributed by atoms with Gasteiger partial charge in [-0.15, -0.1) is 0 Å². The molecule has 2 rings (SSSR count). The van der Waals surface area contributed by atoms with Crippen LogP contribution in [0.4, 0.5) is 4.39 Å². The van der Waals surface area contributed by atoms with Crippen molar-refractivity contribution in [1.29, 1.82) is 0 Å². The second-order valence-electron chi connectivity index (χ2n) is 3.51. The van der Waals surface area contributed by atoms with Gasteiger partial charge in [-0.3, -0.25) is 4.98 Å². The lowest BCUT2D eigenvalue weighted by atomic mass is 10.0. The summed E-state index contributed by atoms with van der Waals surface area (Å²) in [5.41, 5.74) is 0.490. The Morgan fingerprint density at radius 3 is 2.71 bits per heavy atom. The van der Waals surface area contributed by atoms with E-state index in [-0.39, 0.29) is 5.56 Å². The lowest BCUT2D eigenvalue weighted by molar-refractivity contribution is 0.204.